The molecule has 0 spiro atoms. The van der Waals surface area contributed by atoms with Crippen molar-refractivity contribution in [2.24, 2.45) is 0 Å². The van der Waals surface area contributed by atoms with Gasteiger partial charge in [0.15, 0.2) is 37.1 Å². The highest BCUT2D eigenvalue weighted by Gasteiger charge is 2.22. The van der Waals surface area contributed by atoms with Gasteiger partial charge in [-0.15, -0.1) is 0 Å². The Morgan fingerprint density at radius 1 is 0.577 bits per heavy atom. The minimum absolute atomic E-state index is 0.0326. The fourth-order valence-corrected chi connectivity index (χ4v) is 5.50. The Bertz CT molecular complexity index is 1580. The summed E-state index contributed by atoms with van der Waals surface area (Å²) < 4.78 is 15.2. The Balaban J connectivity index is 0.912. The molecular weight excluding hydrogens is 656 g/mol. The average molecular weight is 713 g/mol. The van der Waals surface area contributed by atoms with E-state index >= 15 is 0 Å². The molecule has 2 heterocycles. The third-order valence-electron chi connectivity index (χ3n) is 8.76. The van der Waals surface area contributed by atoms with Gasteiger partial charge in [-0.25, -0.2) is 4.79 Å². The SMILES string of the molecule is CC(C(=O)NCCCOCCCNC(=O)NCCCOCCCNC(O)C(C)[n+]1ccc(-c2ccccc2)cc1)[n+]1ccc(-c2ccccc2)cc1. The van der Waals surface area contributed by atoms with Gasteiger partial charge in [0.2, 0.25) is 6.04 Å². The van der Waals surface area contributed by atoms with Gasteiger partial charge in [-0.2, -0.15) is 9.13 Å². The van der Waals surface area contributed by atoms with Gasteiger partial charge in [0.25, 0.3) is 5.91 Å². The van der Waals surface area contributed by atoms with Crippen LogP contribution in [-0.4, -0.2) is 75.9 Å². The first kappa shape index (κ1) is 40.1. The van der Waals surface area contributed by atoms with E-state index in [1.165, 1.54) is 0 Å². The number of amides is 3. The van der Waals surface area contributed by atoms with E-state index in [4.69, 9.17) is 9.47 Å². The third kappa shape index (κ3) is 14.1. The van der Waals surface area contributed by atoms with Crippen LogP contribution in [-0.2, 0) is 14.3 Å². The third-order valence-corrected chi connectivity index (χ3v) is 8.76. The summed E-state index contributed by atoms with van der Waals surface area (Å²) in [6, 6.07) is 27.9. The van der Waals surface area contributed by atoms with Crippen molar-refractivity contribution in [3.63, 3.8) is 0 Å². The monoisotopic (exact) mass is 712 g/mol. The van der Waals surface area contributed by atoms with Crippen molar-refractivity contribution in [1.29, 1.82) is 0 Å². The number of nitrogens with zero attached hydrogens (tertiary/aromatic N) is 2. The van der Waals surface area contributed by atoms with Gasteiger partial charge in [-0.1, -0.05) is 60.7 Å². The molecule has 11 nitrogen and oxygen atoms in total. The minimum Gasteiger partial charge on any atom is -0.381 e. The molecule has 0 saturated carbocycles. The molecule has 52 heavy (non-hydrogen) atoms. The van der Waals surface area contributed by atoms with E-state index in [-0.39, 0.29) is 24.0 Å². The largest absolute Gasteiger partial charge is 0.381 e. The first-order valence-corrected chi connectivity index (χ1v) is 18.4. The standard InChI is InChI=1S/C41H54N6O5/c1-33(46-25-17-37(18-26-46)35-13-5-3-6-14-35)39(48)42-21-9-29-51-31-11-23-44-41(50)45-24-12-32-52-30-10-22-43-40(49)34(2)47-27-19-38(20-28-47)36-15-7-4-8-16-36/h3-8,13-20,25-28,33-34,39,42,48H,9-12,21-24,29-32H2,1-2H3,(H-2,43,44,45,49,50)/p+2. The fourth-order valence-electron chi connectivity index (χ4n) is 5.50. The molecule has 4 aromatic rings. The van der Waals surface area contributed by atoms with E-state index in [1.54, 1.807) is 0 Å². The number of carbonyl (C=O) groups excluding carboxylic acids is 2. The number of pyridine rings is 2. The molecule has 0 saturated heterocycles. The van der Waals surface area contributed by atoms with Crippen LogP contribution in [0.5, 0.6) is 0 Å². The second kappa shape index (κ2) is 23.0. The van der Waals surface area contributed by atoms with Gasteiger partial charge in [0, 0.05) is 84.2 Å². The van der Waals surface area contributed by atoms with E-state index in [1.807, 2.05) is 96.3 Å². The number of urea groups is 1. The molecule has 3 atom stereocenters. The van der Waals surface area contributed by atoms with Crippen molar-refractivity contribution in [3.05, 3.63) is 110 Å². The molecule has 4 rings (SSSR count). The normalized spacial score (nSPS) is 12.8. The Hall–Kier alpha value is -4.68. The van der Waals surface area contributed by atoms with Gasteiger partial charge in [0.05, 0.1) is 0 Å². The number of aliphatic hydroxyl groups is 1. The van der Waals surface area contributed by atoms with Gasteiger partial charge in [-0.05, 0) is 54.5 Å². The van der Waals surface area contributed by atoms with Gasteiger partial charge < -0.3 is 30.5 Å². The smallest absolute Gasteiger partial charge is 0.314 e. The molecule has 3 amide bonds. The number of carbonyl (C=O) groups is 2. The quantitative estimate of drug-likeness (QED) is 0.0443. The van der Waals surface area contributed by atoms with E-state index in [0.29, 0.717) is 71.9 Å². The summed E-state index contributed by atoms with van der Waals surface area (Å²) >= 11 is 0. The first-order valence-electron chi connectivity index (χ1n) is 18.4. The number of hydrogen-bond donors (Lipinski definition) is 5. The molecule has 3 unspecified atom stereocenters. The molecule has 2 aromatic heterocycles. The summed E-state index contributed by atoms with van der Waals surface area (Å²) in [5.74, 6) is -0.0326. The molecule has 0 aliphatic carbocycles. The Morgan fingerprint density at radius 3 is 1.46 bits per heavy atom. The zero-order valence-electron chi connectivity index (χ0n) is 30.6. The summed E-state index contributed by atoms with van der Waals surface area (Å²) in [5.41, 5.74) is 4.56. The number of hydrogen-bond acceptors (Lipinski definition) is 6. The van der Waals surface area contributed by atoms with Crippen LogP contribution in [0.15, 0.2) is 110 Å². The summed E-state index contributed by atoms with van der Waals surface area (Å²) in [4.78, 5) is 24.6. The van der Waals surface area contributed by atoms with Gasteiger partial charge >= 0.3 is 6.03 Å². The highest BCUT2D eigenvalue weighted by molar-refractivity contribution is 5.78. The van der Waals surface area contributed by atoms with Crippen LogP contribution >= 0.6 is 0 Å². The highest BCUT2D eigenvalue weighted by Crippen LogP contribution is 2.18. The van der Waals surface area contributed by atoms with Crippen molar-refractivity contribution >= 4 is 11.9 Å². The van der Waals surface area contributed by atoms with E-state index in [2.05, 4.69) is 57.7 Å². The molecule has 0 bridgehead atoms. The minimum atomic E-state index is -0.675. The van der Waals surface area contributed by atoms with Crippen LogP contribution in [0, 0.1) is 0 Å². The summed E-state index contributed by atoms with van der Waals surface area (Å²) in [6.07, 6.45) is 10.1. The molecular formula is C41H56N6O5+2. The second-order valence-corrected chi connectivity index (χ2v) is 12.7. The van der Waals surface area contributed by atoms with Crippen LogP contribution in [0.1, 0.15) is 51.6 Å². The topological polar surface area (TPSA) is 129 Å². The Morgan fingerprint density at radius 2 is 0.981 bits per heavy atom. The first-order chi connectivity index (χ1) is 25.4. The molecule has 2 aromatic carbocycles. The molecule has 278 valence electrons. The molecule has 0 aliphatic rings. The van der Waals surface area contributed by atoms with Gasteiger partial charge in [-0.3, -0.25) is 10.1 Å². The average Bonchev–Trinajstić information content (AvgIpc) is 3.19. The lowest BCUT2D eigenvalue weighted by molar-refractivity contribution is -0.727. The van der Waals surface area contributed by atoms with Crippen LogP contribution in [0.4, 0.5) is 4.79 Å². The molecule has 0 fully saturated rings. The van der Waals surface area contributed by atoms with Crippen LogP contribution in [0.3, 0.4) is 0 Å². The summed E-state index contributed by atoms with van der Waals surface area (Å²) in [6.45, 7) is 8.29. The zero-order chi connectivity index (χ0) is 36.8. The molecule has 5 N–H and O–H groups in total. The van der Waals surface area contributed by atoms with E-state index in [0.717, 1.165) is 28.7 Å². The Labute approximate surface area is 308 Å². The van der Waals surface area contributed by atoms with Crippen LogP contribution in [0.2, 0.25) is 0 Å². The van der Waals surface area contributed by atoms with E-state index < -0.39 is 6.23 Å². The number of aromatic nitrogens is 2. The van der Waals surface area contributed by atoms with Crippen LogP contribution in [0.25, 0.3) is 22.3 Å². The van der Waals surface area contributed by atoms with Crippen molar-refractivity contribution in [2.75, 3.05) is 52.6 Å². The summed E-state index contributed by atoms with van der Waals surface area (Å²) in [5, 5.41) is 22.4. The lowest BCUT2D eigenvalue weighted by Crippen LogP contribution is -2.49. The maximum Gasteiger partial charge on any atom is 0.314 e. The second-order valence-electron chi connectivity index (χ2n) is 12.7. The zero-order valence-corrected chi connectivity index (χ0v) is 30.6. The number of nitrogens with one attached hydrogen (secondary N) is 4. The Kier molecular flexibility index (Phi) is 17.7. The summed E-state index contributed by atoms with van der Waals surface area (Å²) in [7, 11) is 0. The number of benzene rings is 2. The van der Waals surface area contributed by atoms with Crippen molar-refractivity contribution in [2.45, 2.75) is 57.8 Å². The molecule has 0 aliphatic heterocycles. The fraction of sp³-hybridized carbons (Fsp3) is 0.415. The van der Waals surface area contributed by atoms with Crippen molar-refractivity contribution in [1.82, 2.24) is 21.3 Å². The lowest BCUT2D eigenvalue weighted by Gasteiger charge is -2.16. The lowest BCUT2D eigenvalue weighted by atomic mass is 10.1. The van der Waals surface area contributed by atoms with E-state index in [9.17, 15) is 14.7 Å². The number of aliphatic hydroxyl groups excluding tert-OH is 1. The van der Waals surface area contributed by atoms with Crippen molar-refractivity contribution in [3.8, 4) is 22.3 Å². The van der Waals surface area contributed by atoms with Crippen LogP contribution < -0.4 is 30.4 Å². The predicted octanol–water partition coefficient (Wildman–Crippen LogP) is 4.33. The molecule has 0 radical (unpaired) electrons. The number of rotatable bonds is 23. The maximum atomic E-state index is 12.6. The van der Waals surface area contributed by atoms with Gasteiger partial charge in [0.1, 0.15) is 0 Å². The number of ether oxygens (including phenoxy) is 2. The highest BCUT2D eigenvalue weighted by atomic mass is 16.5. The molecule has 11 heteroatoms. The predicted molar refractivity (Wildman–Crippen MR) is 202 cm³/mol. The maximum absolute atomic E-state index is 12.6. The van der Waals surface area contributed by atoms with Crippen molar-refractivity contribution < 1.29 is 33.3 Å².